The van der Waals surface area contributed by atoms with Crippen LogP contribution in [-0.2, 0) is 13.0 Å². The molecule has 21 heavy (non-hydrogen) atoms. The van der Waals surface area contributed by atoms with E-state index < -0.39 is 0 Å². The average Bonchev–Trinajstić information content (AvgIpc) is 2.48. The predicted octanol–water partition coefficient (Wildman–Crippen LogP) is 4.80. The molecule has 0 spiro atoms. The molecule has 3 heteroatoms. The molecule has 0 N–H and O–H groups in total. The summed E-state index contributed by atoms with van der Waals surface area (Å²) in [4.78, 5) is 4.70. The molecule has 0 aliphatic rings. The van der Waals surface area contributed by atoms with Crippen molar-refractivity contribution in [1.29, 1.82) is 0 Å². The minimum atomic E-state index is -0.242. The van der Waals surface area contributed by atoms with Gasteiger partial charge in [0.25, 0.3) is 0 Å². The molecule has 2 aromatic carbocycles. The first-order valence-corrected chi connectivity index (χ1v) is 8.06. The van der Waals surface area contributed by atoms with Crippen LogP contribution in [0.1, 0.15) is 17.5 Å². The van der Waals surface area contributed by atoms with Crippen LogP contribution < -0.4 is 0 Å². The summed E-state index contributed by atoms with van der Waals surface area (Å²) in [5.74, 6) is 0. The Bertz CT molecular complexity index is 551. The number of alkyl halides is 1. The second-order valence-electron chi connectivity index (χ2n) is 5.38. The number of nitrogens with zero attached hydrogens (tertiary/aromatic N) is 1. The summed E-state index contributed by atoms with van der Waals surface area (Å²) in [6.45, 7) is 0.701. The minimum Gasteiger partial charge on any atom is -0.305 e. The van der Waals surface area contributed by atoms with Gasteiger partial charge >= 0.3 is 0 Å². The topological polar surface area (TPSA) is 3.24 Å². The molecule has 1 nitrogen and oxygen atoms in total. The zero-order chi connectivity index (χ0) is 15.1. The van der Waals surface area contributed by atoms with E-state index in [4.69, 9.17) is 0 Å². The number of hydrogen-bond donors (Lipinski definition) is 0. The van der Waals surface area contributed by atoms with Crippen molar-refractivity contribution in [2.75, 3.05) is 20.8 Å². The van der Waals surface area contributed by atoms with E-state index in [0.717, 1.165) is 13.0 Å². The average molecular weight is 303 g/mol. The second kappa shape index (κ2) is 8.20. The molecule has 0 fully saturated rings. The maximum Gasteiger partial charge on any atom is 0.0897 e. The third kappa shape index (κ3) is 5.18. The van der Waals surface area contributed by atoms with Crippen LogP contribution in [0, 0.1) is 0 Å². The molecule has 0 amide bonds. The van der Waals surface area contributed by atoms with Crippen LogP contribution in [0.25, 0.3) is 0 Å². The Morgan fingerprint density at radius 2 is 1.71 bits per heavy atom. The highest BCUT2D eigenvalue weighted by Crippen LogP contribution is 2.31. The standard InChI is InChI=1S/C18H22FNS/c1-20(2)14-16-7-3-4-8-18(16)21-17-11-9-15(10-12-17)6-5-13-19/h3-4,7-12H,5-6,13-14H2,1-2H3. The molecular weight excluding hydrogens is 281 g/mol. The number of aryl methyl sites for hydroxylation is 1. The fourth-order valence-electron chi connectivity index (χ4n) is 2.20. The highest BCUT2D eigenvalue weighted by molar-refractivity contribution is 7.99. The van der Waals surface area contributed by atoms with Gasteiger partial charge in [-0.1, -0.05) is 42.1 Å². The van der Waals surface area contributed by atoms with Crippen LogP contribution in [0.4, 0.5) is 4.39 Å². The predicted molar refractivity (Wildman–Crippen MR) is 88.7 cm³/mol. The Kier molecular flexibility index (Phi) is 6.27. The van der Waals surface area contributed by atoms with Crippen LogP contribution in [-0.4, -0.2) is 25.7 Å². The highest BCUT2D eigenvalue weighted by atomic mass is 32.2. The highest BCUT2D eigenvalue weighted by Gasteiger charge is 2.05. The molecule has 0 heterocycles. The van der Waals surface area contributed by atoms with Crippen LogP contribution in [0.15, 0.2) is 58.3 Å². The largest absolute Gasteiger partial charge is 0.305 e. The molecule has 2 rings (SSSR count). The van der Waals surface area contributed by atoms with E-state index in [1.54, 1.807) is 11.8 Å². The molecule has 2 aromatic rings. The fraction of sp³-hybridized carbons (Fsp3) is 0.333. The summed E-state index contributed by atoms with van der Waals surface area (Å²) < 4.78 is 12.2. The van der Waals surface area contributed by atoms with Crippen molar-refractivity contribution in [1.82, 2.24) is 4.90 Å². The smallest absolute Gasteiger partial charge is 0.0897 e. The summed E-state index contributed by atoms with van der Waals surface area (Å²) in [5.41, 5.74) is 2.55. The van der Waals surface area contributed by atoms with E-state index in [0.29, 0.717) is 6.42 Å². The molecule has 0 aliphatic carbocycles. The van der Waals surface area contributed by atoms with Gasteiger partial charge in [-0.15, -0.1) is 0 Å². The zero-order valence-electron chi connectivity index (χ0n) is 12.7. The van der Waals surface area contributed by atoms with Crippen molar-refractivity contribution in [3.8, 4) is 0 Å². The van der Waals surface area contributed by atoms with Gasteiger partial charge in [0, 0.05) is 16.3 Å². The van der Waals surface area contributed by atoms with Crippen molar-refractivity contribution < 1.29 is 4.39 Å². The lowest BCUT2D eigenvalue weighted by Crippen LogP contribution is -2.11. The monoisotopic (exact) mass is 303 g/mol. The van der Waals surface area contributed by atoms with E-state index >= 15 is 0 Å². The third-order valence-corrected chi connectivity index (χ3v) is 4.34. The van der Waals surface area contributed by atoms with Crippen molar-refractivity contribution in [3.05, 3.63) is 59.7 Å². The zero-order valence-corrected chi connectivity index (χ0v) is 13.5. The Morgan fingerprint density at radius 3 is 2.38 bits per heavy atom. The maximum absolute atomic E-state index is 12.2. The maximum atomic E-state index is 12.2. The molecule has 0 aliphatic heterocycles. The second-order valence-corrected chi connectivity index (χ2v) is 6.50. The van der Waals surface area contributed by atoms with Crippen LogP contribution in [0.3, 0.4) is 0 Å². The summed E-state index contributed by atoms with van der Waals surface area (Å²) in [5, 5.41) is 0. The summed E-state index contributed by atoms with van der Waals surface area (Å²) in [6.07, 6.45) is 1.43. The summed E-state index contributed by atoms with van der Waals surface area (Å²) in [7, 11) is 4.17. The van der Waals surface area contributed by atoms with Crippen LogP contribution >= 0.6 is 11.8 Å². The minimum absolute atomic E-state index is 0.242. The van der Waals surface area contributed by atoms with Crippen LogP contribution in [0.2, 0.25) is 0 Å². The first-order chi connectivity index (χ1) is 10.2. The number of rotatable bonds is 7. The van der Waals surface area contributed by atoms with Crippen molar-refractivity contribution in [3.63, 3.8) is 0 Å². The van der Waals surface area contributed by atoms with Crippen molar-refractivity contribution in [2.24, 2.45) is 0 Å². The molecule has 112 valence electrons. The number of benzene rings is 2. The SMILES string of the molecule is CN(C)Cc1ccccc1Sc1ccc(CCCF)cc1. The van der Waals surface area contributed by atoms with E-state index in [-0.39, 0.29) is 6.67 Å². The van der Waals surface area contributed by atoms with Crippen LogP contribution in [0.5, 0.6) is 0 Å². The molecule has 0 radical (unpaired) electrons. The van der Waals surface area contributed by atoms with Gasteiger partial charge in [-0.05, 0) is 56.3 Å². The van der Waals surface area contributed by atoms with E-state index in [1.165, 1.54) is 20.9 Å². The van der Waals surface area contributed by atoms with Gasteiger partial charge in [0.1, 0.15) is 0 Å². The summed E-state index contributed by atoms with van der Waals surface area (Å²) in [6, 6.07) is 17.0. The van der Waals surface area contributed by atoms with Gasteiger partial charge < -0.3 is 4.90 Å². The molecule has 0 atom stereocenters. The normalized spacial score (nSPS) is 11.0. The lowest BCUT2D eigenvalue weighted by molar-refractivity contribution is 0.399. The Labute approximate surface area is 131 Å². The fourth-order valence-corrected chi connectivity index (χ4v) is 3.13. The molecule has 0 unspecified atom stereocenters. The molecule has 0 saturated carbocycles. The van der Waals surface area contributed by atoms with E-state index in [9.17, 15) is 4.39 Å². The van der Waals surface area contributed by atoms with Gasteiger partial charge in [-0.25, -0.2) is 0 Å². The number of halogens is 1. The van der Waals surface area contributed by atoms with Gasteiger partial charge in [0.2, 0.25) is 0 Å². The van der Waals surface area contributed by atoms with Crippen molar-refractivity contribution >= 4 is 11.8 Å². The van der Waals surface area contributed by atoms with E-state index in [1.807, 2.05) is 0 Å². The lowest BCUT2D eigenvalue weighted by atomic mass is 10.1. The Balaban J connectivity index is 2.07. The Morgan fingerprint density at radius 1 is 1.00 bits per heavy atom. The van der Waals surface area contributed by atoms with Crippen molar-refractivity contribution in [2.45, 2.75) is 29.2 Å². The molecule has 0 saturated heterocycles. The summed E-state index contributed by atoms with van der Waals surface area (Å²) >= 11 is 1.79. The van der Waals surface area contributed by atoms with Gasteiger partial charge in [0.05, 0.1) is 6.67 Å². The quantitative estimate of drug-likeness (QED) is 0.722. The molecule has 0 aromatic heterocycles. The van der Waals surface area contributed by atoms with Gasteiger partial charge in [0.15, 0.2) is 0 Å². The third-order valence-electron chi connectivity index (χ3n) is 3.21. The molecular formula is C18H22FNS. The van der Waals surface area contributed by atoms with Gasteiger partial charge in [-0.3, -0.25) is 4.39 Å². The first kappa shape index (κ1) is 16.1. The van der Waals surface area contributed by atoms with E-state index in [2.05, 4.69) is 67.5 Å². The Hall–Kier alpha value is -1.32. The molecule has 0 bridgehead atoms. The first-order valence-electron chi connectivity index (χ1n) is 7.24. The van der Waals surface area contributed by atoms with Gasteiger partial charge in [-0.2, -0.15) is 0 Å². The lowest BCUT2D eigenvalue weighted by Gasteiger charge is -2.13. The number of hydrogen-bond acceptors (Lipinski definition) is 2.